The molecule has 0 spiro atoms. The lowest BCUT2D eigenvalue weighted by molar-refractivity contribution is 1.03. The Balaban J connectivity index is 2.07. The summed E-state index contributed by atoms with van der Waals surface area (Å²) in [6, 6.07) is 18.5. The highest BCUT2D eigenvalue weighted by molar-refractivity contribution is 7.71. The van der Waals surface area contributed by atoms with E-state index in [2.05, 4.69) is 36.2 Å². The molecule has 0 aliphatic rings. The highest BCUT2D eigenvalue weighted by Gasteiger charge is 2.04. The zero-order valence-corrected chi connectivity index (χ0v) is 11.4. The van der Waals surface area contributed by atoms with Gasteiger partial charge in [0.05, 0.1) is 5.69 Å². The van der Waals surface area contributed by atoms with Crippen LogP contribution in [0.3, 0.4) is 0 Å². The van der Waals surface area contributed by atoms with Crippen molar-refractivity contribution >= 4 is 12.2 Å². The zero-order valence-electron chi connectivity index (χ0n) is 10.6. The van der Waals surface area contributed by atoms with Crippen molar-refractivity contribution < 1.29 is 0 Å². The van der Waals surface area contributed by atoms with Crippen molar-refractivity contribution in [3.63, 3.8) is 0 Å². The van der Waals surface area contributed by atoms with E-state index in [0.717, 1.165) is 16.9 Å². The third-order valence-corrected chi connectivity index (χ3v) is 3.41. The SMILES string of the molecule is Cc1ccc(-c2cn(-c3ccccc3)c(=S)[nH]2)cc1. The summed E-state index contributed by atoms with van der Waals surface area (Å²) in [5.41, 5.74) is 4.51. The number of H-pyrrole nitrogens is 1. The van der Waals surface area contributed by atoms with Crippen LogP contribution in [0.2, 0.25) is 0 Å². The van der Waals surface area contributed by atoms with E-state index in [4.69, 9.17) is 12.2 Å². The molecule has 0 unspecified atom stereocenters. The molecule has 0 aliphatic carbocycles. The van der Waals surface area contributed by atoms with Crippen LogP contribution in [0.5, 0.6) is 0 Å². The number of nitrogens with zero attached hydrogens (tertiary/aromatic N) is 1. The number of aromatic amines is 1. The predicted octanol–water partition coefficient (Wildman–Crippen LogP) is 4.51. The number of rotatable bonds is 2. The van der Waals surface area contributed by atoms with Crippen molar-refractivity contribution in [1.82, 2.24) is 9.55 Å². The molecule has 1 N–H and O–H groups in total. The molecular formula is C16H14N2S. The van der Waals surface area contributed by atoms with Crippen molar-refractivity contribution in [2.75, 3.05) is 0 Å². The summed E-state index contributed by atoms with van der Waals surface area (Å²) in [6.07, 6.45) is 2.04. The molecule has 0 fully saturated rings. The summed E-state index contributed by atoms with van der Waals surface area (Å²) in [7, 11) is 0. The minimum absolute atomic E-state index is 0.710. The molecule has 0 radical (unpaired) electrons. The zero-order chi connectivity index (χ0) is 13.2. The number of benzene rings is 2. The Bertz CT molecular complexity index is 736. The smallest absolute Gasteiger partial charge is 0.182 e. The summed E-state index contributed by atoms with van der Waals surface area (Å²) in [5, 5.41) is 0. The summed E-state index contributed by atoms with van der Waals surface area (Å²) < 4.78 is 2.70. The molecule has 3 rings (SSSR count). The first-order valence-electron chi connectivity index (χ1n) is 6.18. The molecule has 3 aromatic rings. The van der Waals surface area contributed by atoms with Crippen molar-refractivity contribution in [3.8, 4) is 16.9 Å². The molecule has 1 heterocycles. The van der Waals surface area contributed by atoms with Gasteiger partial charge in [-0.1, -0.05) is 48.0 Å². The van der Waals surface area contributed by atoms with Gasteiger partial charge in [-0.15, -0.1) is 0 Å². The quantitative estimate of drug-likeness (QED) is 0.677. The van der Waals surface area contributed by atoms with E-state index >= 15 is 0 Å². The van der Waals surface area contributed by atoms with Crippen molar-refractivity contribution in [3.05, 3.63) is 71.1 Å². The van der Waals surface area contributed by atoms with E-state index in [-0.39, 0.29) is 0 Å². The Hall–Kier alpha value is -2.13. The number of para-hydroxylation sites is 1. The summed E-state index contributed by atoms with van der Waals surface area (Å²) in [6.45, 7) is 2.08. The molecule has 1 aromatic heterocycles. The highest BCUT2D eigenvalue weighted by Crippen LogP contribution is 2.20. The fourth-order valence-electron chi connectivity index (χ4n) is 2.06. The Kier molecular flexibility index (Phi) is 3.05. The molecule has 94 valence electrons. The Morgan fingerprint density at radius 1 is 0.947 bits per heavy atom. The van der Waals surface area contributed by atoms with Gasteiger partial charge >= 0.3 is 0 Å². The van der Waals surface area contributed by atoms with Gasteiger partial charge in [0.25, 0.3) is 0 Å². The maximum absolute atomic E-state index is 5.39. The van der Waals surface area contributed by atoms with E-state index in [9.17, 15) is 0 Å². The predicted molar refractivity (Wildman–Crippen MR) is 81.1 cm³/mol. The number of aryl methyl sites for hydroxylation is 1. The maximum Gasteiger partial charge on any atom is 0.182 e. The van der Waals surface area contributed by atoms with Gasteiger partial charge < -0.3 is 4.98 Å². The van der Waals surface area contributed by atoms with Crippen molar-refractivity contribution in [2.45, 2.75) is 6.92 Å². The van der Waals surface area contributed by atoms with Crippen LogP contribution >= 0.6 is 12.2 Å². The molecule has 19 heavy (non-hydrogen) atoms. The summed E-state index contributed by atoms with van der Waals surface area (Å²) >= 11 is 5.39. The van der Waals surface area contributed by atoms with Crippen LogP contribution in [-0.4, -0.2) is 9.55 Å². The van der Waals surface area contributed by atoms with Gasteiger partial charge in [-0.3, -0.25) is 4.57 Å². The lowest BCUT2D eigenvalue weighted by Gasteiger charge is -2.00. The van der Waals surface area contributed by atoms with E-state index in [1.807, 2.05) is 41.1 Å². The topological polar surface area (TPSA) is 20.7 Å². The number of hydrogen-bond donors (Lipinski definition) is 1. The summed E-state index contributed by atoms with van der Waals surface area (Å²) in [4.78, 5) is 3.26. The van der Waals surface area contributed by atoms with Crippen LogP contribution in [0.15, 0.2) is 60.8 Å². The fourth-order valence-corrected chi connectivity index (χ4v) is 2.32. The Morgan fingerprint density at radius 3 is 2.32 bits per heavy atom. The molecule has 0 bridgehead atoms. The first-order chi connectivity index (χ1) is 9.24. The largest absolute Gasteiger partial charge is 0.330 e. The minimum Gasteiger partial charge on any atom is -0.330 e. The average molecular weight is 266 g/mol. The maximum atomic E-state index is 5.39. The molecular weight excluding hydrogens is 252 g/mol. The molecule has 0 atom stereocenters. The van der Waals surface area contributed by atoms with Crippen LogP contribution in [-0.2, 0) is 0 Å². The third-order valence-electron chi connectivity index (χ3n) is 3.12. The molecule has 0 saturated heterocycles. The minimum atomic E-state index is 0.710. The molecule has 2 aromatic carbocycles. The first kappa shape index (κ1) is 11.9. The van der Waals surface area contributed by atoms with Gasteiger partial charge in [-0.25, -0.2) is 0 Å². The third kappa shape index (κ3) is 2.37. The van der Waals surface area contributed by atoms with E-state index in [1.165, 1.54) is 5.56 Å². The Morgan fingerprint density at radius 2 is 1.63 bits per heavy atom. The number of aromatic nitrogens is 2. The lowest BCUT2D eigenvalue weighted by Crippen LogP contribution is -1.90. The second-order valence-corrected chi connectivity index (χ2v) is 4.93. The van der Waals surface area contributed by atoms with Gasteiger partial charge in [0.2, 0.25) is 0 Å². The highest BCUT2D eigenvalue weighted by atomic mass is 32.1. The normalized spacial score (nSPS) is 10.6. The van der Waals surface area contributed by atoms with Gasteiger partial charge in [-0.2, -0.15) is 0 Å². The Labute approximate surface area is 117 Å². The number of nitrogens with one attached hydrogen (secondary N) is 1. The average Bonchev–Trinajstić information content (AvgIpc) is 2.83. The van der Waals surface area contributed by atoms with Crippen LogP contribution in [0.4, 0.5) is 0 Å². The fraction of sp³-hybridized carbons (Fsp3) is 0.0625. The first-order valence-corrected chi connectivity index (χ1v) is 6.59. The van der Waals surface area contributed by atoms with E-state index in [1.54, 1.807) is 0 Å². The molecule has 0 aliphatic heterocycles. The van der Waals surface area contributed by atoms with Crippen LogP contribution < -0.4 is 0 Å². The van der Waals surface area contributed by atoms with Crippen molar-refractivity contribution in [2.24, 2.45) is 0 Å². The molecule has 0 saturated carbocycles. The van der Waals surface area contributed by atoms with Gasteiger partial charge in [0, 0.05) is 11.9 Å². The van der Waals surface area contributed by atoms with E-state index < -0.39 is 0 Å². The van der Waals surface area contributed by atoms with Gasteiger partial charge in [0.1, 0.15) is 0 Å². The summed E-state index contributed by atoms with van der Waals surface area (Å²) in [5.74, 6) is 0. The van der Waals surface area contributed by atoms with Crippen LogP contribution in [0.25, 0.3) is 16.9 Å². The number of imidazole rings is 1. The van der Waals surface area contributed by atoms with Crippen LogP contribution in [0.1, 0.15) is 5.56 Å². The van der Waals surface area contributed by atoms with Gasteiger partial charge in [0.15, 0.2) is 4.77 Å². The number of hydrogen-bond acceptors (Lipinski definition) is 1. The van der Waals surface area contributed by atoms with Crippen LogP contribution in [0, 0.1) is 11.7 Å². The molecule has 2 nitrogen and oxygen atoms in total. The standard InChI is InChI=1S/C16H14N2S/c1-12-7-9-13(10-8-12)15-11-18(16(19)17-15)14-5-3-2-4-6-14/h2-11H,1H3,(H,17,19). The molecule has 3 heteroatoms. The lowest BCUT2D eigenvalue weighted by atomic mass is 10.1. The second kappa shape index (κ2) is 4.86. The monoisotopic (exact) mass is 266 g/mol. The van der Waals surface area contributed by atoms with Gasteiger partial charge in [-0.05, 0) is 36.8 Å². The second-order valence-electron chi connectivity index (χ2n) is 4.54. The molecule has 0 amide bonds. The van der Waals surface area contributed by atoms with E-state index in [0.29, 0.717) is 4.77 Å². The van der Waals surface area contributed by atoms with Crippen molar-refractivity contribution in [1.29, 1.82) is 0 Å².